The number of likely N-dealkylation sites (N-methyl/N-ethyl adjacent to an activating group) is 1. The highest BCUT2D eigenvalue weighted by molar-refractivity contribution is 5.85. The number of piperazine rings is 1. The lowest BCUT2D eigenvalue weighted by atomic mass is 9.98. The predicted molar refractivity (Wildman–Crippen MR) is 73.6 cm³/mol. The molecule has 3 nitrogen and oxygen atoms in total. The fourth-order valence-corrected chi connectivity index (χ4v) is 2.51. The van der Waals surface area contributed by atoms with E-state index < -0.39 is 0 Å². The Morgan fingerprint density at radius 3 is 2.33 bits per heavy atom. The van der Waals surface area contributed by atoms with Crippen molar-refractivity contribution in [3.8, 4) is 0 Å². The van der Waals surface area contributed by atoms with Crippen molar-refractivity contribution in [3.63, 3.8) is 0 Å². The van der Waals surface area contributed by atoms with Gasteiger partial charge in [0.25, 0.3) is 0 Å². The Morgan fingerprint density at radius 2 is 1.78 bits per heavy atom. The fraction of sp³-hybridized carbons (Fsp3) is 0.533. The summed E-state index contributed by atoms with van der Waals surface area (Å²) in [4.78, 5) is 16.9. The Bertz CT molecular complexity index is 383. The van der Waals surface area contributed by atoms with Crippen LogP contribution in [0.25, 0.3) is 0 Å². The zero-order valence-corrected chi connectivity index (χ0v) is 11.3. The van der Waals surface area contributed by atoms with E-state index in [9.17, 15) is 4.79 Å². The maximum Gasteiger partial charge on any atom is 0.154 e. The molecule has 0 unspecified atom stereocenters. The van der Waals surface area contributed by atoms with Crippen molar-refractivity contribution in [1.82, 2.24) is 9.80 Å². The highest BCUT2D eigenvalue weighted by atomic mass is 16.1. The molecule has 0 N–H and O–H groups in total. The van der Waals surface area contributed by atoms with E-state index in [4.69, 9.17) is 0 Å². The van der Waals surface area contributed by atoms with E-state index in [1.807, 2.05) is 25.1 Å². The normalized spacial score (nSPS) is 19.7. The van der Waals surface area contributed by atoms with Crippen molar-refractivity contribution in [2.75, 3.05) is 33.2 Å². The number of hydrogen-bond donors (Lipinski definition) is 0. The van der Waals surface area contributed by atoms with Crippen molar-refractivity contribution in [2.24, 2.45) is 0 Å². The van der Waals surface area contributed by atoms with Gasteiger partial charge in [0, 0.05) is 32.6 Å². The molecule has 1 aliphatic heterocycles. The van der Waals surface area contributed by atoms with Gasteiger partial charge in [-0.25, -0.2) is 0 Å². The number of rotatable bonds is 4. The number of ketones is 1. The molecule has 0 saturated carbocycles. The van der Waals surface area contributed by atoms with Gasteiger partial charge in [0.2, 0.25) is 0 Å². The summed E-state index contributed by atoms with van der Waals surface area (Å²) in [5.41, 5.74) is 1.13. The molecule has 0 bridgehead atoms. The molecule has 0 aromatic heterocycles. The lowest BCUT2D eigenvalue weighted by molar-refractivity contribution is -0.125. The molecular weight excluding hydrogens is 224 g/mol. The van der Waals surface area contributed by atoms with Gasteiger partial charge >= 0.3 is 0 Å². The van der Waals surface area contributed by atoms with Crippen LogP contribution in [0.4, 0.5) is 0 Å². The van der Waals surface area contributed by atoms with Crippen molar-refractivity contribution >= 4 is 5.78 Å². The third-order valence-electron chi connectivity index (χ3n) is 3.67. The van der Waals surface area contributed by atoms with E-state index in [1.165, 1.54) is 0 Å². The number of hydrogen-bond acceptors (Lipinski definition) is 3. The van der Waals surface area contributed by atoms with E-state index in [0.29, 0.717) is 12.2 Å². The Morgan fingerprint density at radius 1 is 1.17 bits per heavy atom. The standard InChI is InChI=1S/C15H22N2O/c1-3-14(18)15(13-7-5-4-6-8-13)17-11-9-16(2)10-12-17/h4-8,15H,3,9-12H2,1-2H3/t15-/m1/s1. The first-order valence-electron chi connectivity index (χ1n) is 6.72. The van der Waals surface area contributed by atoms with Gasteiger partial charge < -0.3 is 4.90 Å². The van der Waals surface area contributed by atoms with Crippen molar-refractivity contribution in [3.05, 3.63) is 35.9 Å². The first-order valence-corrected chi connectivity index (χ1v) is 6.72. The molecule has 1 aromatic rings. The van der Waals surface area contributed by atoms with Gasteiger partial charge in [-0.05, 0) is 12.6 Å². The van der Waals surface area contributed by atoms with Crippen LogP contribution in [-0.4, -0.2) is 48.8 Å². The molecule has 1 fully saturated rings. The fourth-order valence-electron chi connectivity index (χ4n) is 2.51. The first kappa shape index (κ1) is 13.2. The Balaban J connectivity index is 2.18. The van der Waals surface area contributed by atoms with Gasteiger partial charge in [0.15, 0.2) is 5.78 Å². The highest BCUT2D eigenvalue weighted by Gasteiger charge is 2.28. The molecule has 18 heavy (non-hydrogen) atoms. The van der Waals surface area contributed by atoms with Crippen molar-refractivity contribution in [1.29, 1.82) is 0 Å². The summed E-state index contributed by atoms with van der Waals surface area (Å²) in [7, 11) is 2.14. The number of nitrogens with zero attached hydrogens (tertiary/aromatic N) is 2. The molecule has 1 aliphatic rings. The summed E-state index contributed by atoms with van der Waals surface area (Å²) in [5.74, 6) is 0.325. The summed E-state index contributed by atoms with van der Waals surface area (Å²) < 4.78 is 0. The predicted octanol–water partition coefficient (Wildman–Crippen LogP) is 1.95. The zero-order valence-electron chi connectivity index (χ0n) is 11.3. The Hall–Kier alpha value is -1.19. The Labute approximate surface area is 109 Å². The molecule has 1 saturated heterocycles. The Kier molecular flexibility index (Phi) is 4.50. The van der Waals surface area contributed by atoms with E-state index in [0.717, 1.165) is 31.7 Å². The zero-order chi connectivity index (χ0) is 13.0. The number of benzene rings is 1. The summed E-state index contributed by atoms with van der Waals surface area (Å²) in [5, 5.41) is 0. The smallest absolute Gasteiger partial charge is 0.154 e. The van der Waals surface area contributed by atoms with Crippen LogP contribution in [-0.2, 0) is 4.79 Å². The summed E-state index contributed by atoms with van der Waals surface area (Å²) >= 11 is 0. The van der Waals surface area contributed by atoms with Crippen LogP contribution in [0.1, 0.15) is 24.9 Å². The summed E-state index contributed by atoms with van der Waals surface area (Å²) in [6.45, 7) is 5.98. The first-order chi connectivity index (χ1) is 8.72. The van der Waals surface area contributed by atoms with Crippen molar-refractivity contribution in [2.45, 2.75) is 19.4 Å². The van der Waals surface area contributed by atoms with E-state index >= 15 is 0 Å². The quantitative estimate of drug-likeness (QED) is 0.811. The monoisotopic (exact) mass is 246 g/mol. The SMILES string of the molecule is CCC(=O)[C@@H](c1ccccc1)N1CCN(C)CC1. The van der Waals surface area contributed by atoms with Gasteiger partial charge in [-0.3, -0.25) is 9.69 Å². The molecule has 98 valence electrons. The van der Waals surface area contributed by atoms with Crippen LogP contribution in [0.2, 0.25) is 0 Å². The van der Waals surface area contributed by atoms with E-state index in [2.05, 4.69) is 29.0 Å². The second-order valence-corrected chi connectivity index (χ2v) is 4.97. The van der Waals surface area contributed by atoms with Gasteiger partial charge in [0.1, 0.15) is 0 Å². The molecule has 0 radical (unpaired) electrons. The molecule has 0 amide bonds. The van der Waals surface area contributed by atoms with Gasteiger partial charge in [-0.15, -0.1) is 0 Å². The second kappa shape index (κ2) is 6.12. The topological polar surface area (TPSA) is 23.6 Å². The number of carbonyl (C=O) groups excluding carboxylic acids is 1. The second-order valence-electron chi connectivity index (χ2n) is 4.97. The van der Waals surface area contributed by atoms with E-state index in [1.54, 1.807) is 0 Å². The van der Waals surface area contributed by atoms with Crippen LogP contribution in [0.15, 0.2) is 30.3 Å². The highest BCUT2D eigenvalue weighted by Crippen LogP contribution is 2.24. The lowest BCUT2D eigenvalue weighted by Gasteiger charge is -2.37. The van der Waals surface area contributed by atoms with Crippen LogP contribution in [0.3, 0.4) is 0 Å². The minimum Gasteiger partial charge on any atom is -0.304 e. The number of Topliss-reactive ketones (excluding diaryl/α,β-unsaturated/α-hetero) is 1. The lowest BCUT2D eigenvalue weighted by Crippen LogP contribution is -2.47. The van der Waals surface area contributed by atoms with Crippen LogP contribution in [0, 0.1) is 0 Å². The summed E-state index contributed by atoms with van der Waals surface area (Å²) in [6.07, 6.45) is 0.603. The van der Waals surface area contributed by atoms with Gasteiger partial charge in [0.05, 0.1) is 6.04 Å². The average molecular weight is 246 g/mol. The minimum absolute atomic E-state index is 0.0510. The largest absolute Gasteiger partial charge is 0.304 e. The third kappa shape index (κ3) is 2.98. The number of carbonyl (C=O) groups is 1. The maximum absolute atomic E-state index is 12.2. The molecule has 1 atom stereocenters. The van der Waals surface area contributed by atoms with Crippen LogP contribution in [0.5, 0.6) is 0 Å². The van der Waals surface area contributed by atoms with Crippen LogP contribution < -0.4 is 0 Å². The average Bonchev–Trinajstić information content (AvgIpc) is 2.42. The molecule has 0 aliphatic carbocycles. The minimum atomic E-state index is -0.0510. The molecule has 1 aromatic carbocycles. The van der Waals surface area contributed by atoms with Crippen molar-refractivity contribution < 1.29 is 4.79 Å². The van der Waals surface area contributed by atoms with E-state index in [-0.39, 0.29) is 6.04 Å². The maximum atomic E-state index is 12.2. The van der Waals surface area contributed by atoms with Gasteiger partial charge in [-0.2, -0.15) is 0 Å². The molecule has 3 heteroatoms. The molecular formula is C15H22N2O. The third-order valence-corrected chi connectivity index (χ3v) is 3.67. The molecule has 0 spiro atoms. The molecule has 1 heterocycles. The van der Waals surface area contributed by atoms with Gasteiger partial charge in [-0.1, -0.05) is 37.3 Å². The van der Waals surface area contributed by atoms with Crippen LogP contribution >= 0.6 is 0 Å². The molecule has 2 rings (SSSR count). The summed E-state index contributed by atoms with van der Waals surface area (Å²) in [6, 6.07) is 10.1.